The van der Waals surface area contributed by atoms with E-state index in [-0.39, 0.29) is 11.3 Å². The second-order valence-electron chi connectivity index (χ2n) is 2.48. The van der Waals surface area contributed by atoms with Gasteiger partial charge in [-0.25, -0.2) is 5.21 Å². The van der Waals surface area contributed by atoms with Gasteiger partial charge in [0.1, 0.15) is 19.6 Å². The molecule has 64 valence electrons. The zero-order chi connectivity index (χ0) is 8.74. The fourth-order valence-electron chi connectivity index (χ4n) is 0.924. The Balaban J connectivity index is 3.98. The van der Waals surface area contributed by atoms with Crippen molar-refractivity contribution >= 4 is 0 Å². The Morgan fingerprint density at radius 3 is 1.91 bits per heavy atom. The summed E-state index contributed by atoms with van der Waals surface area (Å²) >= 11 is 0. The second kappa shape index (κ2) is 5.07. The van der Waals surface area contributed by atoms with E-state index in [4.69, 9.17) is 5.11 Å². The largest absolute Gasteiger partial charge is 0.390 e. The van der Waals surface area contributed by atoms with E-state index in [0.29, 0.717) is 19.6 Å². The molecule has 0 amide bonds. The maximum atomic E-state index is 9.65. The van der Waals surface area contributed by atoms with Crippen molar-refractivity contribution < 1.29 is 15.0 Å². The van der Waals surface area contributed by atoms with E-state index in [1.54, 1.807) is 12.2 Å². The number of hydrogen-bond acceptors (Lipinski definition) is 2. The third kappa shape index (κ3) is 3.93. The highest BCUT2D eigenvalue weighted by atomic mass is 16.5. The van der Waals surface area contributed by atoms with Crippen LogP contribution in [0.3, 0.4) is 0 Å². The molecular weight excluding hydrogens is 142 g/mol. The molecule has 11 heavy (non-hydrogen) atoms. The molecule has 0 saturated heterocycles. The van der Waals surface area contributed by atoms with Gasteiger partial charge in [0.25, 0.3) is 0 Å². The van der Waals surface area contributed by atoms with Crippen molar-refractivity contribution in [3.05, 3.63) is 25.3 Å². The predicted octanol–water partition coefficient (Wildman–Crippen LogP) is 0.557. The van der Waals surface area contributed by atoms with Gasteiger partial charge in [0.15, 0.2) is 0 Å². The minimum Gasteiger partial charge on any atom is -0.390 e. The minimum atomic E-state index is -0.205. The first-order chi connectivity index (χ1) is 5.18. The van der Waals surface area contributed by atoms with Crippen LogP contribution in [0.15, 0.2) is 25.3 Å². The molecule has 0 aromatic carbocycles. The average Bonchev–Trinajstić information content (AvgIpc) is 1.88. The van der Waals surface area contributed by atoms with Gasteiger partial charge in [-0.2, -0.15) is 4.65 Å². The Morgan fingerprint density at radius 1 is 1.18 bits per heavy atom. The molecular formula is C8H16NO2+. The Hall–Kier alpha value is -0.640. The molecule has 0 rings (SSSR count). The van der Waals surface area contributed by atoms with Crippen LogP contribution in [0, 0.1) is 0 Å². The van der Waals surface area contributed by atoms with E-state index in [0.717, 1.165) is 0 Å². The van der Waals surface area contributed by atoms with Crippen molar-refractivity contribution in [2.75, 3.05) is 26.2 Å². The molecule has 0 unspecified atom stereocenters. The van der Waals surface area contributed by atoms with Crippen molar-refractivity contribution in [2.24, 2.45) is 0 Å². The molecule has 0 aromatic heterocycles. The van der Waals surface area contributed by atoms with Crippen molar-refractivity contribution in [2.45, 2.75) is 0 Å². The molecule has 3 nitrogen and oxygen atoms in total. The lowest BCUT2D eigenvalue weighted by Crippen LogP contribution is -2.46. The Kier molecular flexibility index (Phi) is 4.77. The van der Waals surface area contributed by atoms with Crippen molar-refractivity contribution in [1.29, 1.82) is 0 Å². The van der Waals surface area contributed by atoms with Gasteiger partial charge >= 0.3 is 0 Å². The quantitative estimate of drug-likeness (QED) is 0.337. The van der Waals surface area contributed by atoms with Gasteiger partial charge in [-0.3, -0.25) is 0 Å². The molecule has 0 fully saturated rings. The molecule has 0 saturated carbocycles. The smallest absolute Gasteiger partial charge is 0.132 e. The highest BCUT2D eigenvalue weighted by Crippen LogP contribution is 2.00. The van der Waals surface area contributed by atoms with Gasteiger partial charge < -0.3 is 5.11 Å². The number of nitrogens with zero attached hydrogens (tertiary/aromatic N) is 1. The molecule has 0 aromatic rings. The lowest BCUT2D eigenvalue weighted by Gasteiger charge is -2.26. The zero-order valence-corrected chi connectivity index (χ0v) is 6.74. The molecule has 0 spiro atoms. The molecule has 0 heterocycles. The Morgan fingerprint density at radius 2 is 1.64 bits per heavy atom. The van der Waals surface area contributed by atoms with Crippen LogP contribution < -0.4 is 0 Å². The lowest BCUT2D eigenvalue weighted by atomic mass is 10.4. The molecule has 3 heteroatoms. The monoisotopic (exact) mass is 158 g/mol. The van der Waals surface area contributed by atoms with Crippen LogP contribution in [0.1, 0.15) is 0 Å². The highest BCUT2D eigenvalue weighted by molar-refractivity contribution is 4.69. The molecule has 2 N–H and O–H groups in total. The zero-order valence-electron chi connectivity index (χ0n) is 6.74. The standard InChI is InChI=1S/C8H16NO2/c1-3-5-9(11,6-4-2)7-8-10/h3-4,10-11H,1-2,5-8H2/q+1. The first-order valence-corrected chi connectivity index (χ1v) is 3.60. The Labute approximate surface area is 67.4 Å². The van der Waals surface area contributed by atoms with Gasteiger partial charge in [0.05, 0.1) is 6.61 Å². The number of aliphatic hydroxyl groups excluding tert-OH is 1. The van der Waals surface area contributed by atoms with Crippen molar-refractivity contribution in [3.63, 3.8) is 0 Å². The SMILES string of the molecule is C=CC[N+](O)(CC=C)CCO. The number of hydrogen-bond donors (Lipinski definition) is 2. The van der Waals surface area contributed by atoms with E-state index in [2.05, 4.69) is 13.2 Å². The summed E-state index contributed by atoms with van der Waals surface area (Å²) in [7, 11) is 0. The number of quaternary nitrogens is 1. The Bertz CT molecular complexity index is 124. The van der Waals surface area contributed by atoms with Crippen LogP contribution in [0.25, 0.3) is 0 Å². The molecule has 0 radical (unpaired) electrons. The third-order valence-corrected chi connectivity index (χ3v) is 1.45. The van der Waals surface area contributed by atoms with Crippen LogP contribution >= 0.6 is 0 Å². The number of rotatable bonds is 6. The molecule has 0 aliphatic carbocycles. The summed E-state index contributed by atoms with van der Waals surface area (Å²) in [6.45, 7) is 8.20. The summed E-state index contributed by atoms with van der Waals surface area (Å²) in [6, 6.07) is 0. The molecule has 0 atom stereocenters. The molecule has 0 aliphatic heterocycles. The first kappa shape index (κ1) is 10.4. The van der Waals surface area contributed by atoms with Crippen LogP contribution in [0.5, 0.6) is 0 Å². The number of aliphatic hydroxyl groups is 1. The van der Waals surface area contributed by atoms with Crippen LogP contribution in [-0.2, 0) is 0 Å². The van der Waals surface area contributed by atoms with E-state index < -0.39 is 0 Å². The van der Waals surface area contributed by atoms with Crippen molar-refractivity contribution in [1.82, 2.24) is 0 Å². The lowest BCUT2D eigenvalue weighted by molar-refractivity contribution is -1.09. The summed E-state index contributed by atoms with van der Waals surface area (Å²) in [5, 5.41) is 18.3. The number of hydroxylamine groups is 3. The summed E-state index contributed by atoms with van der Waals surface area (Å²) in [5.74, 6) is 0. The maximum Gasteiger partial charge on any atom is 0.132 e. The van der Waals surface area contributed by atoms with E-state index in [9.17, 15) is 5.21 Å². The summed E-state index contributed by atoms with van der Waals surface area (Å²) in [4.78, 5) is 0. The van der Waals surface area contributed by atoms with E-state index >= 15 is 0 Å². The van der Waals surface area contributed by atoms with Crippen molar-refractivity contribution in [3.8, 4) is 0 Å². The first-order valence-electron chi connectivity index (χ1n) is 3.60. The minimum absolute atomic E-state index is 0.0296. The van der Waals surface area contributed by atoms with E-state index in [1.807, 2.05) is 0 Å². The topological polar surface area (TPSA) is 40.5 Å². The van der Waals surface area contributed by atoms with Gasteiger partial charge in [-0.05, 0) is 12.2 Å². The fraction of sp³-hybridized carbons (Fsp3) is 0.500. The normalized spacial score (nSPS) is 11.1. The molecule has 0 aliphatic rings. The van der Waals surface area contributed by atoms with Crippen LogP contribution in [0.4, 0.5) is 0 Å². The van der Waals surface area contributed by atoms with Gasteiger partial charge in [0, 0.05) is 0 Å². The summed E-state index contributed by atoms with van der Waals surface area (Å²) in [5.41, 5.74) is 0. The third-order valence-electron chi connectivity index (χ3n) is 1.45. The van der Waals surface area contributed by atoms with Crippen LogP contribution in [0.2, 0.25) is 0 Å². The maximum absolute atomic E-state index is 9.65. The predicted molar refractivity (Wildman–Crippen MR) is 44.1 cm³/mol. The average molecular weight is 158 g/mol. The van der Waals surface area contributed by atoms with Gasteiger partial charge in [-0.1, -0.05) is 13.2 Å². The van der Waals surface area contributed by atoms with Gasteiger partial charge in [0.2, 0.25) is 0 Å². The van der Waals surface area contributed by atoms with Crippen LogP contribution in [-0.4, -0.2) is 41.2 Å². The fourth-order valence-corrected chi connectivity index (χ4v) is 0.924. The summed E-state index contributed by atoms with van der Waals surface area (Å²) in [6.07, 6.45) is 3.25. The molecule has 0 bridgehead atoms. The summed E-state index contributed by atoms with van der Waals surface area (Å²) < 4.78 is -0.205. The van der Waals surface area contributed by atoms with Gasteiger partial charge in [-0.15, -0.1) is 0 Å². The van der Waals surface area contributed by atoms with E-state index in [1.165, 1.54) is 0 Å². The highest BCUT2D eigenvalue weighted by Gasteiger charge is 2.20. The second-order valence-corrected chi connectivity index (χ2v) is 2.48.